The van der Waals surface area contributed by atoms with Gasteiger partial charge in [-0.25, -0.2) is 4.98 Å². The molecule has 2 aromatic rings. The Bertz CT molecular complexity index is 763. The second-order valence-corrected chi connectivity index (χ2v) is 7.28. The Kier molecular flexibility index (Phi) is 4.15. The zero-order valence-corrected chi connectivity index (χ0v) is 14.7. The van der Waals surface area contributed by atoms with Crippen LogP contribution in [0, 0.1) is 12.3 Å². The number of amides is 1. The van der Waals surface area contributed by atoms with Gasteiger partial charge in [0.15, 0.2) is 0 Å². The molecule has 0 unspecified atom stereocenters. The van der Waals surface area contributed by atoms with Gasteiger partial charge in [-0.2, -0.15) is 0 Å². The van der Waals surface area contributed by atoms with Gasteiger partial charge >= 0.3 is 0 Å². The van der Waals surface area contributed by atoms with Crippen molar-refractivity contribution in [2.75, 3.05) is 24.5 Å². The molecule has 4 heterocycles. The molecule has 1 atom stereocenters. The Morgan fingerprint density at radius 1 is 1.16 bits per heavy atom. The number of hydrogen-bond donors (Lipinski definition) is 0. The first-order valence-electron chi connectivity index (χ1n) is 9.03. The number of likely N-dealkylation sites (tertiary alicyclic amines) is 1. The van der Waals surface area contributed by atoms with Gasteiger partial charge in [-0.05, 0) is 49.9 Å². The summed E-state index contributed by atoms with van der Waals surface area (Å²) in [5.74, 6) is 1.30. The number of pyridine rings is 2. The highest BCUT2D eigenvalue weighted by Gasteiger charge is 2.48. The summed E-state index contributed by atoms with van der Waals surface area (Å²) in [4.78, 5) is 26.3. The fraction of sp³-hybridized carbons (Fsp3) is 0.450. The second-order valence-electron chi connectivity index (χ2n) is 7.28. The lowest BCUT2D eigenvalue weighted by Crippen LogP contribution is -2.48. The van der Waals surface area contributed by atoms with Crippen LogP contribution in [0.3, 0.4) is 0 Å². The molecule has 5 nitrogen and oxygen atoms in total. The number of aromatic nitrogens is 2. The van der Waals surface area contributed by atoms with Crippen molar-refractivity contribution in [2.45, 2.75) is 32.7 Å². The molecular formula is C20H24N4O. The normalized spacial score (nSPS) is 23.5. The number of nitrogens with zero attached hydrogens (tertiary/aromatic N) is 4. The molecule has 0 radical (unpaired) electrons. The van der Waals surface area contributed by atoms with Crippen molar-refractivity contribution in [3.63, 3.8) is 0 Å². The zero-order valence-electron chi connectivity index (χ0n) is 14.7. The van der Waals surface area contributed by atoms with Gasteiger partial charge in [-0.3, -0.25) is 9.78 Å². The van der Waals surface area contributed by atoms with Crippen molar-refractivity contribution in [1.82, 2.24) is 14.9 Å². The number of rotatable bonds is 3. The molecule has 0 aromatic carbocycles. The molecule has 2 aromatic heterocycles. The molecule has 0 bridgehead atoms. The van der Waals surface area contributed by atoms with Gasteiger partial charge in [-0.15, -0.1) is 0 Å². The summed E-state index contributed by atoms with van der Waals surface area (Å²) < 4.78 is 0. The Labute approximate surface area is 148 Å². The van der Waals surface area contributed by atoms with Crippen LogP contribution in [0.5, 0.6) is 0 Å². The van der Waals surface area contributed by atoms with Gasteiger partial charge in [0, 0.05) is 44.3 Å². The first-order valence-corrected chi connectivity index (χ1v) is 9.03. The number of piperidine rings is 1. The van der Waals surface area contributed by atoms with Crippen molar-refractivity contribution in [3.8, 4) is 0 Å². The molecule has 4 rings (SSSR count). The van der Waals surface area contributed by atoms with Crippen LogP contribution in [0.1, 0.15) is 30.5 Å². The summed E-state index contributed by atoms with van der Waals surface area (Å²) in [5.41, 5.74) is 1.88. The minimum absolute atomic E-state index is 0.244. The standard InChI is InChI=1S/C20H24N4O/c1-16-5-2-7-18(22-16)24-11-4-8-20(15-24)9-12-23(19(20)25)14-17-6-3-10-21-13-17/h2-3,5-7,10,13H,4,8-9,11-12,14-15H2,1H3/t20-/m0/s1. The van der Waals surface area contributed by atoms with Gasteiger partial charge in [0.1, 0.15) is 5.82 Å². The fourth-order valence-corrected chi connectivity index (χ4v) is 4.17. The first-order chi connectivity index (χ1) is 12.2. The molecule has 1 amide bonds. The highest BCUT2D eigenvalue weighted by Crippen LogP contribution is 2.41. The average Bonchev–Trinajstić information content (AvgIpc) is 2.92. The SMILES string of the molecule is Cc1cccc(N2CCC[C@]3(CCN(Cc4cccnc4)C3=O)C2)n1. The summed E-state index contributed by atoms with van der Waals surface area (Å²) >= 11 is 0. The Hall–Kier alpha value is -2.43. The van der Waals surface area contributed by atoms with E-state index in [4.69, 9.17) is 0 Å². The molecule has 1 spiro atoms. The van der Waals surface area contributed by atoms with Crippen LogP contribution in [0.15, 0.2) is 42.7 Å². The van der Waals surface area contributed by atoms with E-state index in [2.05, 4.69) is 20.9 Å². The molecule has 0 saturated carbocycles. The lowest BCUT2D eigenvalue weighted by atomic mass is 9.78. The Morgan fingerprint density at radius 3 is 2.88 bits per heavy atom. The van der Waals surface area contributed by atoms with E-state index < -0.39 is 0 Å². The van der Waals surface area contributed by atoms with Gasteiger partial charge in [0.2, 0.25) is 5.91 Å². The van der Waals surface area contributed by atoms with E-state index in [0.717, 1.165) is 56.0 Å². The van der Waals surface area contributed by atoms with E-state index in [9.17, 15) is 4.79 Å². The van der Waals surface area contributed by atoms with Crippen molar-refractivity contribution in [3.05, 3.63) is 54.0 Å². The van der Waals surface area contributed by atoms with E-state index in [0.29, 0.717) is 12.5 Å². The maximum Gasteiger partial charge on any atom is 0.230 e. The van der Waals surface area contributed by atoms with Gasteiger partial charge < -0.3 is 9.80 Å². The highest BCUT2D eigenvalue weighted by molar-refractivity contribution is 5.85. The third-order valence-corrected chi connectivity index (χ3v) is 5.47. The van der Waals surface area contributed by atoms with Crippen molar-refractivity contribution in [2.24, 2.45) is 5.41 Å². The second kappa shape index (κ2) is 6.47. The minimum Gasteiger partial charge on any atom is -0.356 e. The molecule has 25 heavy (non-hydrogen) atoms. The topological polar surface area (TPSA) is 49.3 Å². The lowest BCUT2D eigenvalue weighted by molar-refractivity contribution is -0.137. The number of carbonyl (C=O) groups excluding carboxylic acids is 1. The van der Waals surface area contributed by atoms with E-state index in [1.165, 1.54) is 0 Å². The predicted octanol–water partition coefficient (Wildman–Crippen LogP) is 2.80. The molecule has 2 aliphatic rings. The largest absolute Gasteiger partial charge is 0.356 e. The van der Waals surface area contributed by atoms with E-state index in [1.807, 2.05) is 42.3 Å². The molecule has 2 fully saturated rings. The fourth-order valence-electron chi connectivity index (χ4n) is 4.17. The summed E-state index contributed by atoms with van der Waals surface area (Å²) in [7, 11) is 0. The monoisotopic (exact) mass is 336 g/mol. The number of anilines is 1. The van der Waals surface area contributed by atoms with Crippen LogP contribution >= 0.6 is 0 Å². The van der Waals surface area contributed by atoms with Crippen LogP contribution in [0.25, 0.3) is 0 Å². The molecule has 0 aliphatic carbocycles. The van der Waals surface area contributed by atoms with E-state index in [-0.39, 0.29) is 5.41 Å². The van der Waals surface area contributed by atoms with Crippen molar-refractivity contribution in [1.29, 1.82) is 0 Å². The van der Waals surface area contributed by atoms with Crippen LogP contribution in [-0.4, -0.2) is 40.4 Å². The van der Waals surface area contributed by atoms with Crippen molar-refractivity contribution >= 4 is 11.7 Å². The third-order valence-electron chi connectivity index (χ3n) is 5.47. The van der Waals surface area contributed by atoms with Crippen LogP contribution in [-0.2, 0) is 11.3 Å². The van der Waals surface area contributed by atoms with Gasteiger partial charge in [-0.1, -0.05) is 12.1 Å². The molecular weight excluding hydrogens is 312 g/mol. The summed E-state index contributed by atoms with van der Waals surface area (Å²) in [6.07, 6.45) is 6.58. The van der Waals surface area contributed by atoms with Crippen LogP contribution in [0.2, 0.25) is 0 Å². The summed E-state index contributed by atoms with van der Waals surface area (Å²) in [6, 6.07) is 10.1. The highest BCUT2D eigenvalue weighted by atomic mass is 16.2. The molecule has 130 valence electrons. The van der Waals surface area contributed by atoms with E-state index in [1.54, 1.807) is 6.20 Å². The molecule has 5 heteroatoms. The van der Waals surface area contributed by atoms with Crippen LogP contribution in [0.4, 0.5) is 5.82 Å². The molecule has 2 saturated heterocycles. The van der Waals surface area contributed by atoms with Crippen LogP contribution < -0.4 is 4.90 Å². The van der Waals surface area contributed by atoms with Gasteiger partial charge in [0.05, 0.1) is 5.41 Å². The molecule has 0 N–H and O–H groups in total. The first kappa shape index (κ1) is 16.1. The van der Waals surface area contributed by atoms with Crippen molar-refractivity contribution < 1.29 is 4.79 Å². The number of carbonyl (C=O) groups is 1. The maximum atomic E-state index is 13.2. The lowest BCUT2D eigenvalue weighted by Gasteiger charge is -2.39. The van der Waals surface area contributed by atoms with E-state index >= 15 is 0 Å². The Morgan fingerprint density at radius 2 is 2.08 bits per heavy atom. The van der Waals surface area contributed by atoms with Gasteiger partial charge in [0.25, 0.3) is 0 Å². The number of aryl methyl sites for hydroxylation is 1. The average molecular weight is 336 g/mol. The smallest absolute Gasteiger partial charge is 0.230 e. The minimum atomic E-state index is -0.244. The number of hydrogen-bond acceptors (Lipinski definition) is 4. The summed E-state index contributed by atoms with van der Waals surface area (Å²) in [5, 5.41) is 0. The maximum absolute atomic E-state index is 13.2. The zero-order chi connectivity index (χ0) is 17.3. The predicted molar refractivity (Wildman–Crippen MR) is 97.1 cm³/mol. The third kappa shape index (κ3) is 3.11. The summed E-state index contributed by atoms with van der Waals surface area (Å²) in [6.45, 7) is 5.28. The molecule has 2 aliphatic heterocycles. The quantitative estimate of drug-likeness (QED) is 0.865. The Balaban J connectivity index is 1.51.